The van der Waals surface area contributed by atoms with Gasteiger partial charge in [-0.05, 0) is 48.9 Å². The number of alkyl halides is 1. The minimum atomic E-state index is -0.875. The van der Waals surface area contributed by atoms with Crippen LogP contribution in [0.25, 0.3) is 10.8 Å². The molecule has 1 aliphatic rings. The first kappa shape index (κ1) is 11.6. The molecule has 0 saturated carbocycles. The first-order valence-corrected chi connectivity index (χ1v) is 6.53. The van der Waals surface area contributed by atoms with E-state index in [2.05, 4.69) is 10.3 Å². The third-order valence-electron chi connectivity index (χ3n) is 3.81. The Morgan fingerprint density at radius 1 is 1.22 bits per heavy atom. The van der Waals surface area contributed by atoms with Crippen LogP contribution in [0.4, 0.5) is 4.39 Å². The van der Waals surface area contributed by atoms with Crippen LogP contribution in [0, 0.1) is 5.92 Å². The molecule has 1 saturated heterocycles. The van der Waals surface area contributed by atoms with Gasteiger partial charge in [0.05, 0.1) is 0 Å². The Morgan fingerprint density at radius 3 is 2.89 bits per heavy atom. The summed E-state index contributed by atoms with van der Waals surface area (Å²) >= 11 is 0. The molecular formula is C15H17FN2. The van der Waals surface area contributed by atoms with Crippen molar-refractivity contribution in [1.29, 1.82) is 0 Å². The number of halogens is 1. The van der Waals surface area contributed by atoms with Crippen molar-refractivity contribution in [2.45, 2.75) is 19.0 Å². The van der Waals surface area contributed by atoms with E-state index in [4.69, 9.17) is 0 Å². The lowest BCUT2D eigenvalue weighted by Crippen LogP contribution is -2.29. The lowest BCUT2D eigenvalue weighted by Gasteiger charge is -2.26. The standard InChI is InChI=1S/C15H17FN2/c16-15(12-5-7-17-8-6-12)13-3-1-2-11-4-9-18-10-14(11)13/h1-4,9-10,12,15,17H,5-8H2. The molecule has 1 fully saturated rings. The van der Waals surface area contributed by atoms with Gasteiger partial charge in [-0.15, -0.1) is 0 Å². The van der Waals surface area contributed by atoms with Gasteiger partial charge >= 0.3 is 0 Å². The van der Waals surface area contributed by atoms with Crippen molar-refractivity contribution in [3.8, 4) is 0 Å². The van der Waals surface area contributed by atoms with E-state index in [-0.39, 0.29) is 5.92 Å². The molecular weight excluding hydrogens is 227 g/mol. The average Bonchev–Trinajstić information content (AvgIpc) is 2.47. The number of nitrogens with one attached hydrogen (secondary N) is 1. The van der Waals surface area contributed by atoms with E-state index in [9.17, 15) is 4.39 Å². The molecule has 2 nitrogen and oxygen atoms in total. The topological polar surface area (TPSA) is 24.9 Å². The van der Waals surface area contributed by atoms with Crippen molar-refractivity contribution in [2.75, 3.05) is 13.1 Å². The highest BCUT2D eigenvalue weighted by molar-refractivity contribution is 5.85. The van der Waals surface area contributed by atoms with Gasteiger partial charge in [0.2, 0.25) is 0 Å². The first-order valence-electron chi connectivity index (χ1n) is 6.53. The number of piperidine rings is 1. The molecule has 18 heavy (non-hydrogen) atoms. The van der Waals surface area contributed by atoms with E-state index in [1.807, 2.05) is 24.3 Å². The maximum Gasteiger partial charge on any atom is 0.129 e. The fourth-order valence-electron chi connectivity index (χ4n) is 2.77. The lowest BCUT2D eigenvalue weighted by molar-refractivity contribution is 0.192. The molecule has 1 aromatic heterocycles. The van der Waals surface area contributed by atoms with Crippen molar-refractivity contribution in [3.05, 3.63) is 42.2 Å². The predicted octanol–water partition coefficient (Wildman–Crippen LogP) is 3.25. The summed E-state index contributed by atoms with van der Waals surface area (Å²) in [6.45, 7) is 1.85. The molecule has 3 heteroatoms. The Bertz CT molecular complexity index is 530. The number of aromatic nitrogens is 1. The lowest BCUT2D eigenvalue weighted by atomic mass is 9.87. The van der Waals surface area contributed by atoms with E-state index in [0.29, 0.717) is 0 Å². The number of hydrogen-bond acceptors (Lipinski definition) is 2. The molecule has 2 heterocycles. The third kappa shape index (κ3) is 2.10. The van der Waals surface area contributed by atoms with E-state index in [1.54, 1.807) is 12.4 Å². The summed E-state index contributed by atoms with van der Waals surface area (Å²) in [5, 5.41) is 5.30. The monoisotopic (exact) mass is 244 g/mol. The molecule has 2 aromatic rings. The number of nitrogens with zero attached hydrogens (tertiary/aromatic N) is 1. The fourth-order valence-corrected chi connectivity index (χ4v) is 2.77. The summed E-state index contributed by atoms with van der Waals surface area (Å²) < 4.78 is 14.7. The highest BCUT2D eigenvalue weighted by Crippen LogP contribution is 2.35. The van der Waals surface area contributed by atoms with Gasteiger partial charge in [-0.25, -0.2) is 4.39 Å². The van der Waals surface area contributed by atoms with Crippen LogP contribution in [0.2, 0.25) is 0 Å². The molecule has 1 aliphatic heterocycles. The second-order valence-corrected chi connectivity index (χ2v) is 4.93. The molecule has 1 unspecified atom stereocenters. The normalized spacial score (nSPS) is 18.9. The zero-order valence-corrected chi connectivity index (χ0v) is 10.3. The van der Waals surface area contributed by atoms with Crippen molar-refractivity contribution in [3.63, 3.8) is 0 Å². The zero-order chi connectivity index (χ0) is 12.4. The van der Waals surface area contributed by atoms with Gasteiger partial charge in [-0.2, -0.15) is 0 Å². The smallest absolute Gasteiger partial charge is 0.129 e. The van der Waals surface area contributed by atoms with Crippen LogP contribution in [0.3, 0.4) is 0 Å². The largest absolute Gasteiger partial charge is 0.317 e. The molecule has 0 bridgehead atoms. The van der Waals surface area contributed by atoms with Crippen LogP contribution in [0.1, 0.15) is 24.6 Å². The molecule has 0 amide bonds. The van der Waals surface area contributed by atoms with Crippen molar-refractivity contribution in [2.24, 2.45) is 5.92 Å². The number of pyridine rings is 1. The molecule has 94 valence electrons. The summed E-state index contributed by atoms with van der Waals surface area (Å²) in [4.78, 5) is 4.12. The van der Waals surface area contributed by atoms with Crippen LogP contribution < -0.4 is 5.32 Å². The van der Waals surface area contributed by atoms with Gasteiger partial charge in [0, 0.05) is 17.8 Å². The maximum absolute atomic E-state index is 14.7. The second kappa shape index (κ2) is 5.02. The molecule has 0 radical (unpaired) electrons. The predicted molar refractivity (Wildman–Crippen MR) is 71.2 cm³/mol. The number of benzene rings is 1. The van der Waals surface area contributed by atoms with Crippen molar-refractivity contribution < 1.29 is 4.39 Å². The molecule has 3 rings (SSSR count). The molecule has 1 atom stereocenters. The van der Waals surface area contributed by atoms with Crippen LogP contribution in [0.15, 0.2) is 36.7 Å². The van der Waals surface area contributed by atoms with Crippen LogP contribution >= 0.6 is 0 Å². The molecule has 1 aromatic carbocycles. The van der Waals surface area contributed by atoms with Gasteiger partial charge in [-0.1, -0.05) is 18.2 Å². The van der Waals surface area contributed by atoms with E-state index in [0.717, 1.165) is 42.3 Å². The Morgan fingerprint density at radius 2 is 2.06 bits per heavy atom. The van der Waals surface area contributed by atoms with Gasteiger partial charge in [0.25, 0.3) is 0 Å². The quantitative estimate of drug-likeness (QED) is 0.877. The highest BCUT2D eigenvalue weighted by atomic mass is 19.1. The Labute approximate surface area is 106 Å². The SMILES string of the molecule is FC(c1cccc2ccncc12)C1CCNCC1. The molecule has 0 spiro atoms. The summed E-state index contributed by atoms with van der Waals surface area (Å²) in [5.41, 5.74) is 0.799. The summed E-state index contributed by atoms with van der Waals surface area (Å²) in [6.07, 6.45) is 4.48. The highest BCUT2D eigenvalue weighted by Gasteiger charge is 2.25. The van der Waals surface area contributed by atoms with E-state index in [1.165, 1.54) is 0 Å². The van der Waals surface area contributed by atoms with Crippen LogP contribution in [-0.4, -0.2) is 18.1 Å². The zero-order valence-electron chi connectivity index (χ0n) is 10.3. The number of hydrogen-bond donors (Lipinski definition) is 1. The van der Waals surface area contributed by atoms with E-state index < -0.39 is 6.17 Å². The maximum atomic E-state index is 14.7. The van der Waals surface area contributed by atoms with Gasteiger partial charge in [-0.3, -0.25) is 4.98 Å². The summed E-state index contributed by atoms with van der Waals surface area (Å²) in [5.74, 6) is 0.136. The Kier molecular flexibility index (Phi) is 3.24. The van der Waals surface area contributed by atoms with Gasteiger partial charge < -0.3 is 5.32 Å². The molecule has 1 N–H and O–H groups in total. The van der Waals surface area contributed by atoms with Gasteiger partial charge in [0.15, 0.2) is 0 Å². The number of rotatable bonds is 2. The van der Waals surface area contributed by atoms with E-state index >= 15 is 0 Å². The minimum Gasteiger partial charge on any atom is -0.317 e. The average molecular weight is 244 g/mol. The summed E-state index contributed by atoms with van der Waals surface area (Å²) in [6, 6.07) is 7.78. The van der Waals surface area contributed by atoms with Crippen LogP contribution in [-0.2, 0) is 0 Å². The first-order chi connectivity index (χ1) is 8.86. The number of fused-ring (bicyclic) bond motifs is 1. The van der Waals surface area contributed by atoms with Crippen molar-refractivity contribution >= 4 is 10.8 Å². The van der Waals surface area contributed by atoms with Gasteiger partial charge in [0.1, 0.15) is 6.17 Å². The Balaban J connectivity index is 1.97. The second-order valence-electron chi connectivity index (χ2n) is 4.93. The minimum absolute atomic E-state index is 0.136. The third-order valence-corrected chi connectivity index (χ3v) is 3.81. The fraction of sp³-hybridized carbons (Fsp3) is 0.400. The summed E-state index contributed by atoms with van der Waals surface area (Å²) in [7, 11) is 0. The van der Waals surface area contributed by atoms with Crippen molar-refractivity contribution in [1.82, 2.24) is 10.3 Å². The van der Waals surface area contributed by atoms with Crippen LogP contribution in [0.5, 0.6) is 0 Å². The Hall–Kier alpha value is -1.48. The molecule has 0 aliphatic carbocycles.